The van der Waals surface area contributed by atoms with Crippen molar-refractivity contribution in [3.05, 3.63) is 33.0 Å². The van der Waals surface area contributed by atoms with Gasteiger partial charge >= 0.3 is 0 Å². The normalized spacial score (nSPS) is 19.1. The number of piperazine rings is 1. The molecule has 1 aliphatic carbocycles. The number of carbonyl (C=O) groups excluding carboxylic acids is 2. The first kappa shape index (κ1) is 21.3. The summed E-state index contributed by atoms with van der Waals surface area (Å²) in [5.41, 5.74) is 1.17. The van der Waals surface area contributed by atoms with Crippen molar-refractivity contribution in [1.82, 2.24) is 15.2 Å². The van der Waals surface area contributed by atoms with E-state index in [-0.39, 0.29) is 23.7 Å². The number of amides is 2. The Balaban J connectivity index is 1.29. The van der Waals surface area contributed by atoms with Crippen molar-refractivity contribution >= 4 is 39.6 Å². The number of nitrogens with one attached hydrogen (secondary N) is 1. The molecule has 30 heavy (non-hydrogen) atoms. The van der Waals surface area contributed by atoms with Crippen LogP contribution in [0.1, 0.15) is 35.7 Å². The van der Waals surface area contributed by atoms with Crippen LogP contribution < -0.4 is 10.2 Å². The number of hydrogen-bond acceptors (Lipinski definition) is 6. The second-order valence-electron chi connectivity index (χ2n) is 8.39. The summed E-state index contributed by atoms with van der Waals surface area (Å²) in [6.07, 6.45) is 3.44. The molecule has 2 aliphatic rings. The van der Waals surface area contributed by atoms with Gasteiger partial charge in [0.2, 0.25) is 11.8 Å². The van der Waals surface area contributed by atoms with Crippen LogP contribution in [-0.4, -0.2) is 54.4 Å². The van der Waals surface area contributed by atoms with Crippen LogP contribution >= 0.6 is 22.7 Å². The van der Waals surface area contributed by atoms with Crippen molar-refractivity contribution in [1.29, 1.82) is 0 Å². The molecular formula is C22H30N4O2S2. The van der Waals surface area contributed by atoms with Gasteiger partial charge in [0.05, 0.1) is 5.69 Å². The number of thiazole rings is 1. The van der Waals surface area contributed by atoms with Crippen molar-refractivity contribution in [2.24, 2.45) is 11.8 Å². The Morgan fingerprint density at radius 3 is 2.77 bits per heavy atom. The van der Waals surface area contributed by atoms with Gasteiger partial charge in [-0.15, -0.1) is 22.7 Å². The Bertz CT molecular complexity index is 870. The summed E-state index contributed by atoms with van der Waals surface area (Å²) in [5.74, 6) is 0.515. The third kappa shape index (κ3) is 4.86. The molecule has 1 saturated heterocycles. The lowest BCUT2D eigenvalue weighted by atomic mass is 9.90. The Morgan fingerprint density at radius 1 is 1.27 bits per heavy atom. The van der Waals surface area contributed by atoms with Gasteiger partial charge in [0.15, 0.2) is 5.13 Å². The van der Waals surface area contributed by atoms with Gasteiger partial charge in [-0.1, -0.05) is 19.9 Å². The lowest BCUT2D eigenvalue weighted by Gasteiger charge is -2.35. The van der Waals surface area contributed by atoms with Crippen molar-refractivity contribution < 1.29 is 9.59 Å². The van der Waals surface area contributed by atoms with Gasteiger partial charge in [-0.2, -0.15) is 0 Å². The average Bonchev–Trinajstić information content (AvgIpc) is 3.42. The van der Waals surface area contributed by atoms with Gasteiger partial charge in [-0.25, -0.2) is 4.98 Å². The molecule has 3 heterocycles. The SMILES string of the molecule is CC(C)C(=O)N1CCN(c2nc3c(s2)C[C@H](C(=O)NCCc2cccs2)CC3)CC1. The number of anilines is 1. The van der Waals surface area contributed by atoms with Crippen LogP contribution in [0.4, 0.5) is 5.13 Å². The first-order valence-corrected chi connectivity index (χ1v) is 12.5. The van der Waals surface area contributed by atoms with E-state index in [1.165, 1.54) is 15.4 Å². The second kappa shape index (κ2) is 9.47. The van der Waals surface area contributed by atoms with Crippen LogP contribution in [0.3, 0.4) is 0 Å². The minimum atomic E-state index is 0.0506. The molecule has 2 amide bonds. The second-order valence-corrected chi connectivity index (χ2v) is 10.5. The van der Waals surface area contributed by atoms with E-state index < -0.39 is 0 Å². The number of aromatic nitrogens is 1. The molecule has 0 unspecified atom stereocenters. The third-order valence-corrected chi connectivity index (χ3v) is 8.02. The van der Waals surface area contributed by atoms with E-state index in [0.717, 1.165) is 57.0 Å². The number of nitrogens with zero attached hydrogens (tertiary/aromatic N) is 3. The van der Waals surface area contributed by atoms with Gasteiger partial charge in [-0.3, -0.25) is 9.59 Å². The van der Waals surface area contributed by atoms with E-state index in [1.54, 1.807) is 22.7 Å². The standard InChI is InChI=1S/C22H30N4O2S2/c1-15(2)21(28)25-9-11-26(12-10-25)22-24-18-6-5-16(14-19(18)30-22)20(27)23-8-7-17-4-3-13-29-17/h3-4,13,15-16H,5-12,14H2,1-2H3,(H,23,27)/t16-/m1/s1. The van der Waals surface area contributed by atoms with Gasteiger partial charge in [0, 0.05) is 54.3 Å². The van der Waals surface area contributed by atoms with E-state index in [2.05, 4.69) is 21.7 Å². The fraction of sp³-hybridized carbons (Fsp3) is 0.591. The van der Waals surface area contributed by atoms with Gasteiger partial charge in [0.25, 0.3) is 0 Å². The van der Waals surface area contributed by atoms with Gasteiger partial charge in [0.1, 0.15) is 0 Å². The molecule has 162 valence electrons. The molecule has 8 heteroatoms. The van der Waals surface area contributed by atoms with Crippen molar-refractivity contribution in [3.63, 3.8) is 0 Å². The first-order valence-electron chi connectivity index (χ1n) is 10.8. The zero-order chi connectivity index (χ0) is 21.1. The Labute approximate surface area is 186 Å². The third-order valence-electron chi connectivity index (χ3n) is 5.91. The molecule has 1 atom stereocenters. The molecule has 2 aromatic heterocycles. The van der Waals surface area contributed by atoms with Crippen LogP contribution in [0, 0.1) is 11.8 Å². The topological polar surface area (TPSA) is 65.5 Å². The maximum Gasteiger partial charge on any atom is 0.225 e. The van der Waals surface area contributed by atoms with Crippen LogP contribution in [0.2, 0.25) is 0 Å². The van der Waals surface area contributed by atoms with Crippen LogP contribution in [0.15, 0.2) is 17.5 Å². The highest BCUT2D eigenvalue weighted by Crippen LogP contribution is 2.34. The fourth-order valence-corrected chi connectivity index (χ4v) is 6.06. The zero-order valence-corrected chi connectivity index (χ0v) is 19.4. The maximum atomic E-state index is 12.6. The quantitative estimate of drug-likeness (QED) is 0.741. The summed E-state index contributed by atoms with van der Waals surface area (Å²) in [7, 11) is 0. The molecular weight excluding hydrogens is 416 g/mol. The monoisotopic (exact) mass is 446 g/mol. The lowest BCUT2D eigenvalue weighted by Crippen LogP contribution is -2.49. The highest BCUT2D eigenvalue weighted by Gasteiger charge is 2.30. The fourth-order valence-electron chi connectivity index (χ4n) is 4.11. The predicted octanol–water partition coefficient (Wildman–Crippen LogP) is 2.97. The van der Waals surface area contributed by atoms with E-state index in [0.29, 0.717) is 6.54 Å². The van der Waals surface area contributed by atoms with Gasteiger partial charge in [-0.05, 0) is 37.1 Å². The smallest absolute Gasteiger partial charge is 0.225 e. The molecule has 1 N–H and O–H groups in total. The number of thiophene rings is 1. The average molecular weight is 447 g/mol. The molecule has 4 rings (SSSR count). The summed E-state index contributed by atoms with van der Waals surface area (Å²) in [6, 6.07) is 4.16. The number of hydrogen-bond donors (Lipinski definition) is 1. The maximum absolute atomic E-state index is 12.6. The summed E-state index contributed by atoms with van der Waals surface area (Å²) in [6.45, 7) is 7.80. The number of fused-ring (bicyclic) bond motifs is 1. The van der Waals surface area contributed by atoms with Crippen molar-refractivity contribution in [3.8, 4) is 0 Å². The van der Waals surface area contributed by atoms with E-state index >= 15 is 0 Å². The minimum Gasteiger partial charge on any atom is -0.355 e. The minimum absolute atomic E-state index is 0.0506. The number of rotatable bonds is 6. The van der Waals surface area contributed by atoms with Crippen LogP contribution in [0.5, 0.6) is 0 Å². The summed E-state index contributed by atoms with van der Waals surface area (Å²) >= 11 is 3.47. The molecule has 0 radical (unpaired) electrons. The Kier molecular flexibility index (Phi) is 6.73. The van der Waals surface area contributed by atoms with Crippen molar-refractivity contribution in [2.45, 2.75) is 39.5 Å². The van der Waals surface area contributed by atoms with Crippen molar-refractivity contribution in [2.75, 3.05) is 37.6 Å². The summed E-state index contributed by atoms with van der Waals surface area (Å²) in [4.78, 5) is 36.5. The zero-order valence-electron chi connectivity index (χ0n) is 17.7. The molecule has 0 spiro atoms. The number of aryl methyl sites for hydroxylation is 1. The Morgan fingerprint density at radius 2 is 2.07 bits per heavy atom. The molecule has 2 aromatic rings. The Hall–Kier alpha value is -1.93. The largest absolute Gasteiger partial charge is 0.355 e. The van der Waals surface area contributed by atoms with E-state index in [1.807, 2.05) is 24.8 Å². The highest BCUT2D eigenvalue weighted by molar-refractivity contribution is 7.15. The molecule has 1 fully saturated rings. The highest BCUT2D eigenvalue weighted by atomic mass is 32.1. The molecule has 0 bridgehead atoms. The van der Waals surface area contributed by atoms with Crippen LogP contribution in [0.25, 0.3) is 0 Å². The van der Waals surface area contributed by atoms with E-state index in [9.17, 15) is 9.59 Å². The molecule has 1 aliphatic heterocycles. The first-order chi connectivity index (χ1) is 14.5. The van der Waals surface area contributed by atoms with Crippen LogP contribution in [-0.2, 0) is 28.9 Å². The number of carbonyl (C=O) groups is 2. The molecule has 0 aromatic carbocycles. The summed E-state index contributed by atoms with van der Waals surface area (Å²) in [5, 5.41) is 6.24. The van der Waals surface area contributed by atoms with E-state index in [4.69, 9.17) is 4.98 Å². The predicted molar refractivity (Wildman–Crippen MR) is 122 cm³/mol. The lowest BCUT2D eigenvalue weighted by molar-refractivity contribution is -0.134. The molecule has 0 saturated carbocycles. The molecule has 6 nitrogen and oxygen atoms in total. The van der Waals surface area contributed by atoms with Gasteiger partial charge < -0.3 is 15.1 Å². The summed E-state index contributed by atoms with van der Waals surface area (Å²) < 4.78 is 0.